The first-order valence-corrected chi connectivity index (χ1v) is 8.99. The summed E-state index contributed by atoms with van der Waals surface area (Å²) in [7, 11) is -1.03. The molecule has 19 heavy (non-hydrogen) atoms. The first-order valence-electron chi connectivity index (χ1n) is 7.34. The Morgan fingerprint density at radius 3 is 2.68 bits per heavy atom. The highest BCUT2D eigenvalue weighted by Crippen LogP contribution is 2.16. The summed E-state index contributed by atoms with van der Waals surface area (Å²) in [4.78, 5) is 2.26. The number of nitrogens with zero attached hydrogens (tertiary/aromatic N) is 1. The summed E-state index contributed by atoms with van der Waals surface area (Å²) in [6.07, 6.45) is 2.55. The van der Waals surface area contributed by atoms with E-state index in [9.17, 15) is 8.42 Å². The van der Waals surface area contributed by atoms with Crippen LogP contribution in [0.2, 0.25) is 0 Å². The quantitative estimate of drug-likeness (QED) is 0.644. The number of hydrogen-bond donors (Lipinski definition) is 2. The number of piperidine rings is 1. The molecule has 1 aliphatic heterocycles. The summed E-state index contributed by atoms with van der Waals surface area (Å²) < 4.78 is 26.9. The number of unbranched alkanes of at least 4 members (excludes halogenated alkanes) is 1. The average Bonchev–Trinajstić information content (AvgIpc) is 2.32. The molecule has 0 aromatic carbocycles. The van der Waals surface area contributed by atoms with Crippen molar-refractivity contribution >= 4 is 10.0 Å². The third-order valence-corrected chi connectivity index (χ3v) is 5.19. The molecule has 1 fully saturated rings. The zero-order valence-corrected chi connectivity index (χ0v) is 13.3. The van der Waals surface area contributed by atoms with Gasteiger partial charge in [0.2, 0.25) is 10.0 Å². The van der Waals surface area contributed by atoms with Crippen LogP contribution in [0.3, 0.4) is 0 Å². The number of rotatable bonds is 8. The Hall–Kier alpha value is -0.170. The minimum Gasteiger partial charge on any atom is -0.317 e. The Labute approximate surface area is 118 Å². The summed E-state index contributed by atoms with van der Waals surface area (Å²) in [5.41, 5.74) is 0. The highest BCUT2D eigenvalue weighted by molar-refractivity contribution is 7.89. The molecule has 0 aromatic heterocycles. The van der Waals surface area contributed by atoms with E-state index >= 15 is 0 Å². The molecular formula is C13H29N3O2S. The molecular weight excluding hydrogens is 262 g/mol. The number of likely N-dealkylation sites (tertiary alicyclic amines) is 1. The summed E-state index contributed by atoms with van der Waals surface area (Å²) in [6.45, 7) is 7.95. The maximum atomic E-state index is 12.0. The third-order valence-electron chi connectivity index (χ3n) is 3.71. The Balaban J connectivity index is 2.29. The number of hydrogen-bond acceptors (Lipinski definition) is 4. The Morgan fingerprint density at radius 2 is 2.05 bits per heavy atom. The van der Waals surface area contributed by atoms with Gasteiger partial charge in [-0.3, -0.25) is 0 Å². The fourth-order valence-corrected chi connectivity index (χ4v) is 4.05. The molecule has 5 nitrogen and oxygen atoms in total. The fourth-order valence-electron chi connectivity index (χ4n) is 2.54. The molecule has 114 valence electrons. The molecule has 0 spiro atoms. The normalized spacial score (nSPS) is 25.6. The van der Waals surface area contributed by atoms with Crippen molar-refractivity contribution in [3.05, 3.63) is 0 Å². The molecule has 0 amide bonds. The standard InChI is InChI=1S/C13H29N3O2S/c1-4-14-8-5-6-10-19(17,18)15-13-7-9-16(3)11-12(13)2/h12-15H,4-11H2,1-3H3. The molecule has 1 aliphatic rings. The van der Waals surface area contributed by atoms with Gasteiger partial charge in [0.05, 0.1) is 5.75 Å². The largest absolute Gasteiger partial charge is 0.317 e. The Kier molecular flexibility index (Phi) is 7.28. The smallest absolute Gasteiger partial charge is 0.211 e. The van der Waals surface area contributed by atoms with Crippen molar-refractivity contribution in [1.82, 2.24) is 14.9 Å². The van der Waals surface area contributed by atoms with E-state index in [1.54, 1.807) is 0 Å². The summed E-state index contributed by atoms with van der Waals surface area (Å²) in [6, 6.07) is 0.106. The van der Waals surface area contributed by atoms with Gasteiger partial charge < -0.3 is 10.2 Å². The van der Waals surface area contributed by atoms with E-state index in [0.29, 0.717) is 5.92 Å². The zero-order chi connectivity index (χ0) is 14.3. The maximum absolute atomic E-state index is 12.0. The van der Waals surface area contributed by atoms with Gasteiger partial charge in [-0.25, -0.2) is 13.1 Å². The molecule has 2 N–H and O–H groups in total. The van der Waals surface area contributed by atoms with Crippen molar-refractivity contribution in [2.45, 2.75) is 39.2 Å². The van der Waals surface area contributed by atoms with Crippen molar-refractivity contribution in [3.63, 3.8) is 0 Å². The minimum atomic E-state index is -3.12. The molecule has 0 radical (unpaired) electrons. The average molecular weight is 291 g/mol. The molecule has 1 rings (SSSR count). The van der Waals surface area contributed by atoms with E-state index in [1.807, 2.05) is 0 Å². The predicted molar refractivity (Wildman–Crippen MR) is 79.8 cm³/mol. The van der Waals surface area contributed by atoms with Gasteiger partial charge in [-0.05, 0) is 51.9 Å². The lowest BCUT2D eigenvalue weighted by Gasteiger charge is -2.34. The molecule has 0 aliphatic carbocycles. The van der Waals surface area contributed by atoms with Crippen molar-refractivity contribution in [1.29, 1.82) is 0 Å². The molecule has 2 unspecified atom stereocenters. The number of nitrogens with one attached hydrogen (secondary N) is 2. The molecule has 6 heteroatoms. The van der Waals surface area contributed by atoms with Crippen molar-refractivity contribution in [2.24, 2.45) is 5.92 Å². The minimum absolute atomic E-state index is 0.106. The molecule has 0 bridgehead atoms. The second-order valence-corrected chi connectivity index (χ2v) is 7.51. The topological polar surface area (TPSA) is 61.4 Å². The van der Waals surface area contributed by atoms with Crippen LogP contribution in [0.1, 0.15) is 33.1 Å². The van der Waals surface area contributed by atoms with E-state index in [1.165, 1.54) is 0 Å². The van der Waals surface area contributed by atoms with Crippen LogP contribution < -0.4 is 10.0 Å². The predicted octanol–water partition coefficient (Wildman–Crippen LogP) is 0.636. The monoisotopic (exact) mass is 291 g/mol. The van der Waals surface area contributed by atoms with E-state index in [2.05, 4.69) is 35.8 Å². The van der Waals surface area contributed by atoms with Gasteiger partial charge in [0.15, 0.2) is 0 Å². The lowest BCUT2D eigenvalue weighted by Crippen LogP contribution is -2.49. The second kappa shape index (κ2) is 8.19. The van der Waals surface area contributed by atoms with Crippen LogP contribution in [0.25, 0.3) is 0 Å². The van der Waals surface area contributed by atoms with Crippen LogP contribution in [0.4, 0.5) is 0 Å². The van der Waals surface area contributed by atoms with Crippen LogP contribution >= 0.6 is 0 Å². The third kappa shape index (κ3) is 6.70. The summed E-state index contributed by atoms with van der Waals surface area (Å²) >= 11 is 0. The van der Waals surface area contributed by atoms with Gasteiger partial charge >= 0.3 is 0 Å². The van der Waals surface area contributed by atoms with E-state index in [0.717, 1.165) is 45.4 Å². The fraction of sp³-hybridized carbons (Fsp3) is 1.00. The summed E-state index contributed by atoms with van der Waals surface area (Å²) in [5.74, 6) is 0.632. The van der Waals surface area contributed by atoms with Crippen molar-refractivity contribution < 1.29 is 8.42 Å². The lowest BCUT2D eigenvalue weighted by molar-refractivity contribution is 0.188. The highest BCUT2D eigenvalue weighted by Gasteiger charge is 2.27. The SMILES string of the molecule is CCNCCCCS(=O)(=O)NC1CCN(C)CC1C. The highest BCUT2D eigenvalue weighted by atomic mass is 32.2. The Bertz CT molecular complexity index is 346. The van der Waals surface area contributed by atoms with Gasteiger partial charge in [0.25, 0.3) is 0 Å². The van der Waals surface area contributed by atoms with Crippen molar-refractivity contribution in [3.8, 4) is 0 Å². The van der Waals surface area contributed by atoms with E-state index < -0.39 is 10.0 Å². The first-order chi connectivity index (χ1) is 8.94. The van der Waals surface area contributed by atoms with E-state index in [4.69, 9.17) is 0 Å². The zero-order valence-electron chi connectivity index (χ0n) is 12.5. The molecule has 1 saturated heterocycles. The lowest BCUT2D eigenvalue weighted by atomic mass is 9.95. The summed E-state index contributed by atoms with van der Waals surface area (Å²) in [5, 5.41) is 3.21. The maximum Gasteiger partial charge on any atom is 0.211 e. The van der Waals surface area contributed by atoms with E-state index in [-0.39, 0.29) is 11.8 Å². The molecule has 2 atom stereocenters. The van der Waals surface area contributed by atoms with Gasteiger partial charge in [-0.15, -0.1) is 0 Å². The number of sulfonamides is 1. The van der Waals surface area contributed by atoms with Gasteiger partial charge in [-0.2, -0.15) is 0 Å². The second-order valence-electron chi connectivity index (χ2n) is 5.63. The van der Waals surface area contributed by atoms with Gasteiger partial charge in [-0.1, -0.05) is 13.8 Å². The van der Waals surface area contributed by atoms with Crippen LogP contribution in [-0.4, -0.2) is 58.3 Å². The molecule has 0 saturated carbocycles. The van der Waals surface area contributed by atoms with Gasteiger partial charge in [0, 0.05) is 12.6 Å². The van der Waals surface area contributed by atoms with Crippen LogP contribution in [0.15, 0.2) is 0 Å². The molecule has 1 heterocycles. The molecule has 0 aromatic rings. The first kappa shape index (κ1) is 16.9. The van der Waals surface area contributed by atoms with Crippen LogP contribution in [0.5, 0.6) is 0 Å². The van der Waals surface area contributed by atoms with Crippen LogP contribution in [0, 0.1) is 5.92 Å². The Morgan fingerprint density at radius 1 is 1.32 bits per heavy atom. The van der Waals surface area contributed by atoms with Crippen LogP contribution in [-0.2, 0) is 10.0 Å². The van der Waals surface area contributed by atoms with Crippen molar-refractivity contribution in [2.75, 3.05) is 39.0 Å². The van der Waals surface area contributed by atoms with Gasteiger partial charge in [0.1, 0.15) is 0 Å².